The number of amides is 1. The molecule has 1 saturated heterocycles. The lowest BCUT2D eigenvalue weighted by Gasteiger charge is -2.35. The Kier molecular flexibility index (Phi) is 9.31. The number of hydrogen-bond donors (Lipinski definition) is 9. The van der Waals surface area contributed by atoms with Crippen molar-refractivity contribution in [3.8, 4) is 0 Å². The van der Waals surface area contributed by atoms with Crippen LogP contribution in [-0.4, -0.2) is 91.2 Å². The van der Waals surface area contributed by atoms with E-state index in [2.05, 4.69) is 30.6 Å². The molecule has 2 aliphatic rings. The number of ether oxygens (including phenoxy) is 1. The maximum atomic E-state index is 13.3. The summed E-state index contributed by atoms with van der Waals surface area (Å²) in [5.41, 5.74) is 18.8. The smallest absolute Gasteiger partial charge is 0.311 e. The number of esters is 1. The fourth-order valence-electron chi connectivity index (χ4n) is 6.41. The molecule has 41 heavy (non-hydrogen) atoms. The number of nitrogen functional groups attached to an aromatic ring is 1. The van der Waals surface area contributed by atoms with Crippen LogP contribution < -0.4 is 27.8 Å². The molecule has 0 aromatic carbocycles. The monoisotopic (exact) mass is 575 g/mol. The summed E-state index contributed by atoms with van der Waals surface area (Å²) in [6, 6.07) is -2.61. The van der Waals surface area contributed by atoms with E-state index in [1.165, 1.54) is 13.3 Å². The number of aliphatic hydroxyl groups excluding tert-OH is 3. The molecule has 1 aliphatic carbocycles. The Labute approximate surface area is 237 Å². The van der Waals surface area contributed by atoms with Crippen LogP contribution in [0.3, 0.4) is 0 Å². The molecule has 226 valence electrons. The molecule has 0 bridgehead atoms. The van der Waals surface area contributed by atoms with Crippen LogP contribution in [0.5, 0.6) is 0 Å². The van der Waals surface area contributed by atoms with E-state index < -0.39 is 60.3 Å². The average Bonchev–Trinajstić information content (AvgIpc) is 3.57. The second-order valence-corrected chi connectivity index (χ2v) is 10.9. The number of nitrogens with two attached hydrogens (primary N) is 3. The van der Waals surface area contributed by atoms with Crippen molar-refractivity contribution in [2.45, 2.75) is 82.5 Å². The van der Waals surface area contributed by atoms with Gasteiger partial charge in [-0.05, 0) is 12.3 Å². The number of carbonyl (C=O) groups excluding carboxylic acids is 2. The van der Waals surface area contributed by atoms with E-state index in [4.69, 9.17) is 21.9 Å². The van der Waals surface area contributed by atoms with Gasteiger partial charge in [-0.2, -0.15) is 0 Å². The van der Waals surface area contributed by atoms with Crippen molar-refractivity contribution < 1.29 is 29.6 Å². The van der Waals surface area contributed by atoms with Gasteiger partial charge in [-0.3, -0.25) is 14.9 Å². The van der Waals surface area contributed by atoms with Crippen LogP contribution in [0, 0.1) is 17.8 Å². The van der Waals surface area contributed by atoms with Gasteiger partial charge in [-0.1, -0.05) is 26.7 Å². The van der Waals surface area contributed by atoms with Crippen LogP contribution >= 0.6 is 0 Å². The minimum Gasteiger partial charge on any atom is -0.464 e. The van der Waals surface area contributed by atoms with Crippen molar-refractivity contribution >= 4 is 34.7 Å². The minimum absolute atomic E-state index is 0.0198. The zero-order chi connectivity index (χ0) is 30.0. The van der Waals surface area contributed by atoms with Crippen LogP contribution in [0.15, 0.2) is 17.5 Å². The average molecular weight is 576 g/mol. The van der Waals surface area contributed by atoms with Gasteiger partial charge in [0.05, 0.1) is 35.7 Å². The van der Waals surface area contributed by atoms with Gasteiger partial charge in [0.15, 0.2) is 11.8 Å². The molecule has 1 aliphatic heterocycles. The first-order valence-electron chi connectivity index (χ1n) is 13.9. The number of guanidine groups is 1. The zero-order valence-electron chi connectivity index (χ0n) is 23.4. The second-order valence-electron chi connectivity index (χ2n) is 10.9. The summed E-state index contributed by atoms with van der Waals surface area (Å²) in [7, 11) is 0. The molecule has 1 unspecified atom stereocenters. The van der Waals surface area contributed by atoms with Gasteiger partial charge in [0.25, 0.3) is 0 Å². The largest absolute Gasteiger partial charge is 0.464 e. The van der Waals surface area contributed by atoms with Crippen LogP contribution in [-0.2, 0) is 14.3 Å². The quantitative estimate of drug-likeness (QED) is 0.0881. The van der Waals surface area contributed by atoms with E-state index in [1.54, 1.807) is 6.20 Å². The molecular weight excluding hydrogens is 534 g/mol. The predicted octanol–water partition coefficient (Wildman–Crippen LogP) is -1.60. The molecule has 12 N–H and O–H groups in total. The molecule has 15 heteroatoms. The third kappa shape index (κ3) is 6.07. The number of nitrogens with zero attached hydrogens (tertiary/aromatic N) is 3. The number of carbonyl (C=O) groups is 2. The van der Waals surface area contributed by atoms with E-state index in [0.29, 0.717) is 16.6 Å². The van der Waals surface area contributed by atoms with Crippen LogP contribution in [0.25, 0.3) is 11.0 Å². The lowest BCUT2D eigenvalue weighted by atomic mass is 9.80. The third-order valence-corrected chi connectivity index (χ3v) is 8.46. The molecule has 1 saturated carbocycles. The Hall–Kier alpha value is -3.53. The Morgan fingerprint density at radius 1 is 1.17 bits per heavy atom. The summed E-state index contributed by atoms with van der Waals surface area (Å²) in [5.74, 6) is -2.46. The number of rotatable bonds is 10. The number of aliphatic hydroxyl groups is 3. The van der Waals surface area contributed by atoms with Crippen molar-refractivity contribution in [2.24, 2.45) is 34.2 Å². The Morgan fingerprint density at radius 3 is 2.51 bits per heavy atom. The SMILES string of the molecule is CCC(CC)C(NC(C)=O)[C@@H]1[C@H](O)[C@@H](C(=O)OC[C@H]2N[C@@H](c3c[nH]c4c(N)ncnc34)[C@H](O)[C@@H]2O)C[C@H]1N=C(N)N. The fraction of sp³-hybridized carbons (Fsp3) is 0.654. The van der Waals surface area contributed by atoms with Crippen LogP contribution in [0.2, 0.25) is 0 Å². The first-order chi connectivity index (χ1) is 19.5. The molecule has 0 spiro atoms. The summed E-state index contributed by atoms with van der Waals surface area (Å²) in [5, 5.41) is 38.9. The Morgan fingerprint density at radius 2 is 1.88 bits per heavy atom. The number of fused-ring (bicyclic) bond motifs is 1. The minimum atomic E-state index is -1.26. The topological polar surface area (TPSA) is 260 Å². The van der Waals surface area contributed by atoms with Gasteiger partial charge in [0.1, 0.15) is 30.7 Å². The molecule has 9 atom stereocenters. The number of anilines is 1. The number of hydrogen-bond acceptors (Lipinski definition) is 11. The Bertz CT molecular complexity index is 1260. The molecule has 1 amide bonds. The Balaban J connectivity index is 1.48. The molecule has 0 radical (unpaired) electrons. The highest BCUT2D eigenvalue weighted by molar-refractivity contribution is 5.87. The van der Waals surface area contributed by atoms with Gasteiger partial charge >= 0.3 is 5.97 Å². The molecule has 15 nitrogen and oxygen atoms in total. The van der Waals surface area contributed by atoms with Crippen molar-refractivity contribution in [2.75, 3.05) is 12.3 Å². The van der Waals surface area contributed by atoms with Crippen molar-refractivity contribution in [1.29, 1.82) is 0 Å². The van der Waals surface area contributed by atoms with E-state index in [1.807, 2.05) is 13.8 Å². The van der Waals surface area contributed by atoms with Gasteiger partial charge in [-0.25, -0.2) is 15.0 Å². The fourth-order valence-corrected chi connectivity index (χ4v) is 6.41. The predicted molar refractivity (Wildman–Crippen MR) is 150 cm³/mol. The summed E-state index contributed by atoms with van der Waals surface area (Å²) in [6.07, 6.45) is 0.844. The summed E-state index contributed by atoms with van der Waals surface area (Å²) in [6.45, 7) is 5.12. The maximum absolute atomic E-state index is 13.3. The highest BCUT2D eigenvalue weighted by atomic mass is 16.5. The van der Waals surface area contributed by atoms with Gasteiger partial charge < -0.3 is 47.6 Å². The van der Waals surface area contributed by atoms with E-state index in [9.17, 15) is 24.9 Å². The normalized spacial score (nSPS) is 30.4. The highest BCUT2D eigenvalue weighted by Crippen LogP contribution is 2.40. The van der Waals surface area contributed by atoms with E-state index in [-0.39, 0.29) is 36.6 Å². The highest BCUT2D eigenvalue weighted by Gasteiger charge is 2.52. The van der Waals surface area contributed by atoms with E-state index >= 15 is 0 Å². The summed E-state index contributed by atoms with van der Waals surface area (Å²) in [4.78, 5) is 40.8. The van der Waals surface area contributed by atoms with Crippen LogP contribution in [0.4, 0.5) is 5.82 Å². The van der Waals surface area contributed by atoms with Gasteiger partial charge in [0.2, 0.25) is 5.91 Å². The number of H-pyrrole nitrogens is 1. The molecule has 3 heterocycles. The first kappa shape index (κ1) is 30.4. The number of aromatic nitrogens is 3. The number of aliphatic imine (C=N–C) groups is 1. The van der Waals surface area contributed by atoms with Crippen molar-refractivity contribution in [3.63, 3.8) is 0 Å². The third-order valence-electron chi connectivity index (χ3n) is 8.46. The van der Waals surface area contributed by atoms with Crippen molar-refractivity contribution in [1.82, 2.24) is 25.6 Å². The first-order valence-corrected chi connectivity index (χ1v) is 13.9. The number of aromatic amines is 1. The molecular formula is C26H41N9O6. The zero-order valence-corrected chi connectivity index (χ0v) is 23.4. The number of nitrogens with one attached hydrogen (secondary N) is 3. The molecule has 2 aromatic heterocycles. The van der Waals surface area contributed by atoms with Gasteiger partial charge in [0, 0.05) is 30.6 Å². The van der Waals surface area contributed by atoms with Gasteiger partial charge in [-0.15, -0.1) is 0 Å². The standard InChI is InChI=1S/C26H41N9O6/c1-4-11(5-2)17(33-10(3)36)16-14(35-26(28)29)6-12(21(16)37)25(40)41-8-15-22(38)23(39)19(34-15)13-7-30-20-18(13)31-9-32-24(20)27/h7,9,11-12,14-17,19,21-23,30,34,37-39H,4-6,8H2,1-3H3,(H,33,36)(H2,27,31,32)(H4,28,29,35)/t12-,14+,15+,16+,17?,19-,21+,22+,23-/m0/s1. The summed E-state index contributed by atoms with van der Waals surface area (Å²) >= 11 is 0. The lowest BCUT2D eigenvalue weighted by Crippen LogP contribution is -2.51. The second kappa shape index (κ2) is 12.5. The molecule has 2 aromatic rings. The van der Waals surface area contributed by atoms with E-state index in [0.717, 1.165) is 12.8 Å². The molecule has 2 fully saturated rings. The molecule has 4 rings (SSSR count). The lowest BCUT2D eigenvalue weighted by molar-refractivity contribution is -0.153. The van der Waals surface area contributed by atoms with Crippen molar-refractivity contribution in [3.05, 3.63) is 18.1 Å². The maximum Gasteiger partial charge on any atom is 0.311 e. The van der Waals surface area contributed by atoms with Crippen LogP contribution in [0.1, 0.15) is 51.6 Å². The summed E-state index contributed by atoms with van der Waals surface area (Å²) < 4.78 is 5.56.